The number of rotatable bonds is 4. The number of thiocarbonyl (C=S) groups is 1. The van der Waals surface area contributed by atoms with Gasteiger partial charge in [0.15, 0.2) is 5.11 Å². The zero-order chi connectivity index (χ0) is 26.4. The van der Waals surface area contributed by atoms with Crippen LogP contribution in [-0.2, 0) is 0 Å². The van der Waals surface area contributed by atoms with Gasteiger partial charge in [0.1, 0.15) is 11.4 Å². The van der Waals surface area contributed by atoms with Crippen LogP contribution in [0.3, 0.4) is 0 Å². The summed E-state index contributed by atoms with van der Waals surface area (Å²) in [6.07, 6.45) is 3.10. The zero-order valence-corrected chi connectivity index (χ0v) is 21.7. The summed E-state index contributed by atoms with van der Waals surface area (Å²) in [5, 5.41) is 13.0. The molecule has 37 heavy (non-hydrogen) atoms. The van der Waals surface area contributed by atoms with Gasteiger partial charge in [0.05, 0.1) is 21.8 Å². The van der Waals surface area contributed by atoms with Gasteiger partial charge in [-0.3, -0.25) is 14.9 Å². The largest absolute Gasteiger partial charge is 0.477 e. The van der Waals surface area contributed by atoms with Gasteiger partial charge >= 0.3 is 5.97 Å². The van der Waals surface area contributed by atoms with Crippen molar-refractivity contribution in [2.45, 2.75) is 18.9 Å². The number of hydrogen-bond donors (Lipinski definition) is 2. The lowest BCUT2D eigenvalue weighted by Gasteiger charge is -2.37. The van der Waals surface area contributed by atoms with E-state index in [4.69, 9.17) is 35.4 Å². The number of hydrogen-bond acceptors (Lipinski definition) is 5. The minimum atomic E-state index is -1.33. The topological polar surface area (TPSA) is 94.9 Å². The number of aromatic carboxylic acids is 1. The summed E-state index contributed by atoms with van der Waals surface area (Å²) in [5.74, 6) is -2.38. The molecule has 0 atom stereocenters. The lowest BCUT2D eigenvalue weighted by atomic mass is 10.1. The molecule has 3 aromatic rings. The Morgan fingerprint density at radius 3 is 2.38 bits per heavy atom. The molecule has 2 fully saturated rings. The number of nitrogens with zero attached hydrogens (tertiary/aromatic N) is 3. The van der Waals surface area contributed by atoms with Crippen LogP contribution in [0.25, 0.3) is 10.9 Å². The van der Waals surface area contributed by atoms with Gasteiger partial charge in [0.2, 0.25) is 5.43 Å². The van der Waals surface area contributed by atoms with E-state index in [1.54, 1.807) is 16.7 Å². The Morgan fingerprint density at radius 2 is 1.76 bits per heavy atom. The summed E-state index contributed by atoms with van der Waals surface area (Å²) in [6.45, 7) is 1.69. The zero-order valence-electron chi connectivity index (χ0n) is 19.3. The summed E-state index contributed by atoms with van der Waals surface area (Å²) >= 11 is 17.4. The molecule has 2 heterocycles. The van der Waals surface area contributed by atoms with E-state index in [1.807, 2.05) is 9.80 Å². The normalized spacial score (nSPS) is 15.6. The first-order valence-corrected chi connectivity index (χ1v) is 12.7. The van der Waals surface area contributed by atoms with Crippen LogP contribution in [0.15, 0.2) is 41.3 Å². The highest BCUT2D eigenvalue weighted by atomic mass is 35.5. The number of benzene rings is 2. The monoisotopic (exact) mass is 562 g/mol. The van der Waals surface area contributed by atoms with Crippen LogP contribution in [-0.4, -0.2) is 57.7 Å². The van der Waals surface area contributed by atoms with E-state index in [-0.39, 0.29) is 32.7 Å². The summed E-state index contributed by atoms with van der Waals surface area (Å²) in [7, 11) is 0. The van der Waals surface area contributed by atoms with Gasteiger partial charge in [-0.15, -0.1) is 0 Å². The number of carbonyl (C=O) groups excluding carboxylic acids is 1. The quantitative estimate of drug-likeness (QED) is 0.457. The van der Waals surface area contributed by atoms with Crippen molar-refractivity contribution in [3.63, 3.8) is 0 Å². The lowest BCUT2D eigenvalue weighted by molar-refractivity contribution is 0.0694. The lowest BCUT2D eigenvalue weighted by Crippen LogP contribution is -2.53. The molecular weight excluding hydrogens is 542 g/mol. The smallest absolute Gasteiger partial charge is 0.341 e. The summed E-state index contributed by atoms with van der Waals surface area (Å²) in [6, 6.07) is 7.39. The standard InChI is InChI=1S/C25H21Cl2FN4O4S/c26-13-1-4-15(18(27)9-13)23(34)29-25(37)31-7-5-30(6-8-31)21-11-20-16(10-19(21)28)22(33)17(24(35)36)12-32(20)14-2-3-14/h1,4,9-12,14H,2-3,5-8H2,(H,35,36)(H,29,34,37). The maximum Gasteiger partial charge on any atom is 0.341 e. The molecule has 1 aliphatic carbocycles. The summed E-state index contributed by atoms with van der Waals surface area (Å²) in [5.41, 5.74) is 0.0242. The predicted octanol–water partition coefficient (Wildman–Crippen LogP) is 4.32. The second kappa shape index (κ2) is 9.92. The number of carboxylic acids is 1. The molecule has 1 aliphatic heterocycles. The molecule has 5 rings (SSSR count). The summed E-state index contributed by atoms with van der Waals surface area (Å²) < 4.78 is 17.0. The van der Waals surface area contributed by atoms with Crippen LogP contribution in [0.5, 0.6) is 0 Å². The van der Waals surface area contributed by atoms with Crippen molar-refractivity contribution in [1.82, 2.24) is 14.8 Å². The third-order valence-electron chi connectivity index (χ3n) is 6.58. The average molecular weight is 563 g/mol. The molecule has 2 aliphatic rings. The molecule has 1 saturated carbocycles. The number of anilines is 1. The van der Waals surface area contributed by atoms with Gasteiger partial charge in [-0.2, -0.15) is 0 Å². The van der Waals surface area contributed by atoms with Crippen LogP contribution < -0.4 is 15.6 Å². The number of pyridine rings is 1. The highest BCUT2D eigenvalue weighted by Crippen LogP contribution is 2.38. The molecule has 1 amide bonds. The van der Waals surface area contributed by atoms with Gasteiger partial charge in [-0.25, -0.2) is 9.18 Å². The number of carboxylic acid groups (broad SMARTS) is 1. The van der Waals surface area contributed by atoms with Crippen LogP contribution in [0.1, 0.15) is 39.6 Å². The Hall–Kier alpha value is -3.21. The molecule has 8 nitrogen and oxygen atoms in total. The Labute approximate surface area is 226 Å². The van der Waals surface area contributed by atoms with E-state index in [9.17, 15) is 19.5 Å². The third kappa shape index (κ3) is 5.01. The highest BCUT2D eigenvalue weighted by Gasteiger charge is 2.29. The van der Waals surface area contributed by atoms with Gasteiger partial charge < -0.3 is 19.5 Å². The average Bonchev–Trinajstić information content (AvgIpc) is 3.69. The van der Waals surface area contributed by atoms with E-state index in [0.717, 1.165) is 18.9 Å². The predicted molar refractivity (Wildman–Crippen MR) is 144 cm³/mol. The Bertz CT molecular complexity index is 1520. The highest BCUT2D eigenvalue weighted by molar-refractivity contribution is 7.80. The van der Waals surface area contributed by atoms with E-state index < -0.39 is 23.1 Å². The molecule has 12 heteroatoms. The van der Waals surface area contributed by atoms with Gasteiger partial charge in [-0.05, 0) is 55.4 Å². The molecule has 2 aromatic carbocycles. The molecular formula is C25H21Cl2FN4O4S. The Morgan fingerprint density at radius 1 is 1.05 bits per heavy atom. The van der Waals surface area contributed by atoms with Crippen molar-refractivity contribution < 1.29 is 19.1 Å². The molecule has 192 valence electrons. The number of piperazine rings is 1. The van der Waals surface area contributed by atoms with E-state index in [0.29, 0.717) is 42.4 Å². The van der Waals surface area contributed by atoms with E-state index in [1.165, 1.54) is 18.3 Å². The van der Waals surface area contributed by atoms with Gasteiger partial charge in [0, 0.05) is 48.8 Å². The fourth-order valence-corrected chi connectivity index (χ4v) is 5.25. The first-order chi connectivity index (χ1) is 17.6. The van der Waals surface area contributed by atoms with Crippen LogP contribution in [0.4, 0.5) is 10.1 Å². The second-order valence-corrected chi connectivity index (χ2v) is 10.2. The molecule has 1 saturated heterocycles. The maximum atomic E-state index is 15.2. The number of carbonyl (C=O) groups is 2. The van der Waals surface area contributed by atoms with Crippen LogP contribution in [0.2, 0.25) is 10.0 Å². The first kappa shape index (κ1) is 25.4. The number of aromatic nitrogens is 1. The van der Waals surface area contributed by atoms with Crippen LogP contribution in [0, 0.1) is 5.82 Å². The maximum absolute atomic E-state index is 15.2. The summed E-state index contributed by atoms with van der Waals surface area (Å²) in [4.78, 5) is 40.5. The van der Waals surface area contributed by atoms with Crippen molar-refractivity contribution in [2.24, 2.45) is 0 Å². The number of halogens is 3. The van der Waals surface area contributed by atoms with Gasteiger partial charge in [0.25, 0.3) is 5.91 Å². The fraction of sp³-hybridized carbons (Fsp3) is 0.280. The minimum absolute atomic E-state index is 0.0523. The third-order valence-corrected chi connectivity index (χ3v) is 7.48. The minimum Gasteiger partial charge on any atom is -0.477 e. The SMILES string of the molecule is O=C(NC(=S)N1CCN(c2cc3c(cc2F)c(=O)c(C(=O)O)cn3C2CC2)CC1)c1ccc(Cl)cc1Cl. The van der Waals surface area contributed by atoms with Crippen molar-refractivity contribution in [3.8, 4) is 0 Å². The molecule has 0 radical (unpaired) electrons. The van der Waals surface area contributed by atoms with Crippen molar-refractivity contribution in [3.05, 3.63) is 73.7 Å². The second-order valence-electron chi connectivity index (χ2n) is 8.99. The number of amides is 1. The molecule has 0 unspecified atom stereocenters. The number of fused-ring (bicyclic) bond motifs is 1. The fourth-order valence-electron chi connectivity index (χ4n) is 4.48. The van der Waals surface area contributed by atoms with Crippen LogP contribution >= 0.6 is 35.4 Å². The van der Waals surface area contributed by atoms with Crippen molar-refractivity contribution in [2.75, 3.05) is 31.1 Å². The molecule has 1 aromatic heterocycles. The van der Waals surface area contributed by atoms with E-state index in [2.05, 4.69) is 5.32 Å². The van der Waals surface area contributed by atoms with E-state index >= 15 is 4.39 Å². The first-order valence-electron chi connectivity index (χ1n) is 11.6. The molecule has 2 N–H and O–H groups in total. The Kier molecular flexibility index (Phi) is 6.82. The van der Waals surface area contributed by atoms with Crippen molar-refractivity contribution in [1.29, 1.82) is 0 Å². The Balaban J connectivity index is 1.33. The van der Waals surface area contributed by atoms with Gasteiger partial charge in [-0.1, -0.05) is 23.2 Å². The van der Waals surface area contributed by atoms with Crippen molar-refractivity contribution >= 4 is 69.0 Å². The molecule has 0 bridgehead atoms. The molecule has 0 spiro atoms. The number of nitrogens with one attached hydrogen (secondary N) is 1.